The van der Waals surface area contributed by atoms with E-state index in [9.17, 15) is 8.42 Å². The van der Waals surface area contributed by atoms with E-state index >= 15 is 0 Å². The van der Waals surface area contributed by atoms with Gasteiger partial charge in [-0.25, -0.2) is 13.6 Å². The van der Waals surface area contributed by atoms with Gasteiger partial charge in [-0.2, -0.15) is 0 Å². The molecule has 15 heavy (non-hydrogen) atoms. The third kappa shape index (κ3) is 4.63. The first-order valence-electron chi connectivity index (χ1n) is 4.39. The minimum absolute atomic E-state index is 0.0670. The van der Waals surface area contributed by atoms with Crippen molar-refractivity contribution in [2.45, 2.75) is 6.92 Å². The SMILES string of the molecule is Cc1cc(Br)ccc1NCCS(N)(=O)=O. The van der Waals surface area contributed by atoms with Crippen LogP contribution in [0.2, 0.25) is 0 Å². The van der Waals surface area contributed by atoms with Gasteiger partial charge >= 0.3 is 0 Å². The molecule has 0 aliphatic heterocycles. The maximum Gasteiger partial charge on any atom is 0.210 e. The van der Waals surface area contributed by atoms with Gasteiger partial charge in [0.25, 0.3) is 0 Å². The minimum atomic E-state index is -3.39. The lowest BCUT2D eigenvalue weighted by Gasteiger charge is -2.08. The maximum atomic E-state index is 10.7. The van der Waals surface area contributed by atoms with Gasteiger partial charge in [-0.1, -0.05) is 15.9 Å². The van der Waals surface area contributed by atoms with Gasteiger partial charge < -0.3 is 5.32 Å². The van der Waals surface area contributed by atoms with Crippen LogP contribution in [0.15, 0.2) is 22.7 Å². The topological polar surface area (TPSA) is 72.2 Å². The van der Waals surface area contributed by atoms with E-state index in [0.29, 0.717) is 6.54 Å². The highest BCUT2D eigenvalue weighted by molar-refractivity contribution is 9.10. The third-order valence-corrected chi connectivity index (χ3v) is 3.16. The number of nitrogens with one attached hydrogen (secondary N) is 1. The smallest absolute Gasteiger partial charge is 0.210 e. The van der Waals surface area contributed by atoms with E-state index in [1.54, 1.807) is 0 Å². The third-order valence-electron chi connectivity index (χ3n) is 1.89. The minimum Gasteiger partial charge on any atom is -0.384 e. The average molecular weight is 293 g/mol. The lowest BCUT2D eigenvalue weighted by molar-refractivity contribution is 0.598. The quantitative estimate of drug-likeness (QED) is 0.882. The van der Waals surface area contributed by atoms with Gasteiger partial charge in [0.15, 0.2) is 0 Å². The molecule has 0 radical (unpaired) electrons. The Morgan fingerprint density at radius 1 is 1.47 bits per heavy atom. The first-order valence-corrected chi connectivity index (χ1v) is 6.90. The first kappa shape index (κ1) is 12.5. The summed E-state index contributed by atoms with van der Waals surface area (Å²) in [5.41, 5.74) is 1.97. The van der Waals surface area contributed by atoms with Crippen LogP contribution in [0.25, 0.3) is 0 Å². The molecule has 0 saturated heterocycles. The molecule has 0 saturated carbocycles. The Morgan fingerprint density at radius 3 is 2.67 bits per heavy atom. The Hall–Kier alpha value is -0.590. The fourth-order valence-corrected chi connectivity index (χ4v) is 2.02. The number of halogens is 1. The molecule has 1 rings (SSSR count). The van der Waals surface area contributed by atoms with E-state index in [4.69, 9.17) is 5.14 Å². The lowest BCUT2D eigenvalue weighted by Crippen LogP contribution is -2.22. The second-order valence-corrected chi connectivity index (χ2v) is 5.90. The molecule has 0 aliphatic rings. The van der Waals surface area contributed by atoms with Crippen LogP contribution in [-0.2, 0) is 10.0 Å². The van der Waals surface area contributed by atoms with Crippen LogP contribution in [-0.4, -0.2) is 20.7 Å². The molecule has 1 aromatic carbocycles. The van der Waals surface area contributed by atoms with Crippen LogP contribution in [0, 0.1) is 6.92 Å². The van der Waals surface area contributed by atoms with Crippen molar-refractivity contribution in [1.29, 1.82) is 0 Å². The van der Waals surface area contributed by atoms with Gasteiger partial charge in [0, 0.05) is 16.7 Å². The number of hydrogen-bond acceptors (Lipinski definition) is 3. The number of anilines is 1. The van der Waals surface area contributed by atoms with Crippen molar-refractivity contribution >= 4 is 31.6 Å². The van der Waals surface area contributed by atoms with Gasteiger partial charge in [0.1, 0.15) is 0 Å². The predicted molar refractivity (Wildman–Crippen MR) is 65.3 cm³/mol. The van der Waals surface area contributed by atoms with E-state index in [-0.39, 0.29) is 5.75 Å². The van der Waals surface area contributed by atoms with Crippen LogP contribution in [0.3, 0.4) is 0 Å². The first-order chi connectivity index (χ1) is 6.88. The summed E-state index contributed by atoms with van der Waals surface area (Å²) in [5.74, 6) is -0.0670. The van der Waals surface area contributed by atoms with Gasteiger partial charge in [0.2, 0.25) is 10.0 Å². The largest absolute Gasteiger partial charge is 0.384 e. The van der Waals surface area contributed by atoms with E-state index in [2.05, 4.69) is 21.2 Å². The molecule has 0 fully saturated rings. The second kappa shape index (κ2) is 4.96. The summed E-state index contributed by atoms with van der Waals surface area (Å²) >= 11 is 3.35. The zero-order chi connectivity index (χ0) is 11.5. The predicted octanol–water partition coefficient (Wildman–Crippen LogP) is 1.46. The number of benzene rings is 1. The number of hydrogen-bond donors (Lipinski definition) is 2. The van der Waals surface area contributed by atoms with Crippen LogP contribution in [0.4, 0.5) is 5.69 Å². The Bertz CT molecular complexity index is 445. The maximum absolute atomic E-state index is 10.7. The Labute approximate surface area is 98.0 Å². The highest BCUT2D eigenvalue weighted by Crippen LogP contribution is 2.19. The van der Waals surface area contributed by atoms with Crippen LogP contribution in [0.1, 0.15) is 5.56 Å². The molecule has 0 unspecified atom stereocenters. The molecule has 0 heterocycles. The van der Waals surface area contributed by atoms with Gasteiger partial charge in [0.05, 0.1) is 5.75 Å². The zero-order valence-corrected chi connectivity index (χ0v) is 10.7. The molecule has 6 heteroatoms. The molecule has 84 valence electrons. The fourth-order valence-electron chi connectivity index (χ4n) is 1.15. The molecular weight excluding hydrogens is 280 g/mol. The van der Waals surface area contributed by atoms with Crippen LogP contribution in [0.5, 0.6) is 0 Å². The monoisotopic (exact) mass is 292 g/mol. The van der Waals surface area contributed by atoms with E-state index < -0.39 is 10.0 Å². The summed E-state index contributed by atoms with van der Waals surface area (Å²) < 4.78 is 22.4. The van der Waals surface area contributed by atoms with Gasteiger partial charge in [-0.3, -0.25) is 0 Å². The average Bonchev–Trinajstić information content (AvgIpc) is 2.07. The number of nitrogens with two attached hydrogens (primary N) is 1. The van der Waals surface area contributed by atoms with Crippen molar-refractivity contribution in [1.82, 2.24) is 0 Å². The second-order valence-electron chi connectivity index (χ2n) is 3.25. The van der Waals surface area contributed by atoms with Crippen molar-refractivity contribution in [3.63, 3.8) is 0 Å². The van der Waals surface area contributed by atoms with Crippen molar-refractivity contribution in [3.05, 3.63) is 28.2 Å². The molecule has 0 bridgehead atoms. The Balaban J connectivity index is 2.59. The highest BCUT2D eigenvalue weighted by atomic mass is 79.9. The molecule has 0 aromatic heterocycles. The Morgan fingerprint density at radius 2 is 2.13 bits per heavy atom. The van der Waals surface area contributed by atoms with E-state index in [0.717, 1.165) is 15.7 Å². The van der Waals surface area contributed by atoms with Crippen LogP contribution < -0.4 is 10.5 Å². The fraction of sp³-hybridized carbons (Fsp3) is 0.333. The number of primary sulfonamides is 1. The highest BCUT2D eigenvalue weighted by Gasteiger charge is 2.03. The molecule has 3 N–H and O–H groups in total. The lowest BCUT2D eigenvalue weighted by atomic mass is 10.2. The van der Waals surface area contributed by atoms with Gasteiger partial charge in [-0.15, -0.1) is 0 Å². The van der Waals surface area contributed by atoms with E-state index in [1.807, 2.05) is 25.1 Å². The zero-order valence-electron chi connectivity index (χ0n) is 8.33. The normalized spacial score (nSPS) is 11.4. The number of aryl methyl sites for hydroxylation is 1. The number of rotatable bonds is 4. The molecule has 0 amide bonds. The number of sulfonamides is 1. The molecular formula is C9H13BrN2O2S. The summed E-state index contributed by atoms with van der Waals surface area (Å²) in [5, 5.41) is 7.90. The van der Waals surface area contributed by atoms with Gasteiger partial charge in [-0.05, 0) is 30.7 Å². The van der Waals surface area contributed by atoms with Crippen molar-refractivity contribution in [2.75, 3.05) is 17.6 Å². The van der Waals surface area contributed by atoms with E-state index in [1.165, 1.54) is 0 Å². The van der Waals surface area contributed by atoms with Crippen molar-refractivity contribution in [3.8, 4) is 0 Å². The standard InChI is InChI=1S/C9H13BrN2O2S/c1-7-6-8(10)2-3-9(7)12-4-5-15(11,13)14/h2-3,6,12H,4-5H2,1H3,(H2,11,13,14). The molecule has 4 nitrogen and oxygen atoms in total. The summed E-state index contributed by atoms with van der Waals surface area (Å²) in [7, 11) is -3.39. The summed E-state index contributed by atoms with van der Waals surface area (Å²) in [6.45, 7) is 2.27. The van der Waals surface area contributed by atoms with Crippen molar-refractivity contribution in [2.24, 2.45) is 5.14 Å². The summed E-state index contributed by atoms with van der Waals surface area (Å²) in [6, 6.07) is 5.74. The Kier molecular flexibility index (Phi) is 4.12. The molecule has 0 spiro atoms. The van der Waals surface area contributed by atoms with Crippen LogP contribution >= 0.6 is 15.9 Å². The summed E-state index contributed by atoms with van der Waals surface area (Å²) in [6.07, 6.45) is 0. The molecule has 0 atom stereocenters. The molecule has 0 aliphatic carbocycles. The molecule has 1 aromatic rings. The summed E-state index contributed by atoms with van der Waals surface area (Å²) in [4.78, 5) is 0. The van der Waals surface area contributed by atoms with Crippen molar-refractivity contribution < 1.29 is 8.42 Å².